The fourth-order valence-electron chi connectivity index (χ4n) is 2.96. The summed E-state index contributed by atoms with van der Waals surface area (Å²) in [5, 5.41) is 2.54. The van der Waals surface area contributed by atoms with Crippen molar-refractivity contribution < 1.29 is 23.8 Å². The largest absolute Gasteiger partial charge is 0.453 e. The van der Waals surface area contributed by atoms with E-state index in [1.165, 1.54) is 7.11 Å². The van der Waals surface area contributed by atoms with Crippen molar-refractivity contribution in [2.24, 2.45) is 0 Å². The van der Waals surface area contributed by atoms with Gasteiger partial charge in [0.25, 0.3) is 0 Å². The summed E-state index contributed by atoms with van der Waals surface area (Å²) in [6.07, 6.45) is -0.336. The summed E-state index contributed by atoms with van der Waals surface area (Å²) < 4.78 is 15.3. The van der Waals surface area contributed by atoms with E-state index in [0.717, 1.165) is 44.1 Å². The molecule has 0 bridgehead atoms. The van der Waals surface area contributed by atoms with Crippen LogP contribution in [0.3, 0.4) is 0 Å². The van der Waals surface area contributed by atoms with Gasteiger partial charge in [0.2, 0.25) is 0 Å². The molecule has 2 fully saturated rings. The number of carbonyl (C=O) groups excluding carboxylic acids is 2. The predicted octanol–water partition coefficient (Wildman–Crippen LogP) is 1.59. The SMILES string of the molecule is COC(=O)NC[C@H]1CN(c2ccc(N3CCCOCC3)cc2)C(=O)O1. The van der Waals surface area contributed by atoms with Crippen LogP contribution >= 0.6 is 0 Å². The number of cyclic esters (lactones) is 1. The van der Waals surface area contributed by atoms with E-state index >= 15 is 0 Å². The topological polar surface area (TPSA) is 80.3 Å². The molecule has 1 aromatic rings. The Balaban J connectivity index is 1.60. The average molecular weight is 349 g/mol. The number of benzene rings is 1. The van der Waals surface area contributed by atoms with Crippen molar-refractivity contribution in [3.63, 3.8) is 0 Å². The molecular weight excluding hydrogens is 326 g/mol. The molecule has 0 aromatic heterocycles. The molecule has 1 atom stereocenters. The quantitative estimate of drug-likeness (QED) is 0.889. The zero-order valence-electron chi connectivity index (χ0n) is 14.3. The molecule has 0 saturated carbocycles. The van der Waals surface area contributed by atoms with Crippen molar-refractivity contribution >= 4 is 23.6 Å². The van der Waals surface area contributed by atoms with Crippen molar-refractivity contribution in [3.8, 4) is 0 Å². The van der Waals surface area contributed by atoms with E-state index in [1.54, 1.807) is 4.90 Å². The highest BCUT2D eigenvalue weighted by molar-refractivity contribution is 5.90. The maximum absolute atomic E-state index is 12.1. The van der Waals surface area contributed by atoms with Crippen LogP contribution in [0.1, 0.15) is 6.42 Å². The van der Waals surface area contributed by atoms with Gasteiger partial charge in [0, 0.05) is 31.1 Å². The van der Waals surface area contributed by atoms with Crippen LogP contribution in [0.25, 0.3) is 0 Å². The predicted molar refractivity (Wildman–Crippen MR) is 92.1 cm³/mol. The third-order valence-electron chi connectivity index (χ3n) is 4.28. The molecule has 8 heteroatoms. The summed E-state index contributed by atoms with van der Waals surface area (Å²) in [5.41, 5.74) is 1.89. The molecule has 8 nitrogen and oxygen atoms in total. The molecule has 2 saturated heterocycles. The number of carbonyl (C=O) groups is 2. The Kier molecular flexibility index (Phi) is 5.60. The van der Waals surface area contributed by atoms with E-state index in [1.807, 2.05) is 24.3 Å². The minimum atomic E-state index is -0.541. The van der Waals surface area contributed by atoms with E-state index in [2.05, 4.69) is 15.0 Å². The van der Waals surface area contributed by atoms with Crippen molar-refractivity contribution in [2.75, 3.05) is 56.3 Å². The average Bonchev–Trinajstić information content (AvgIpc) is 2.84. The number of methoxy groups -OCH3 is 1. The van der Waals surface area contributed by atoms with Crippen molar-refractivity contribution in [1.82, 2.24) is 5.32 Å². The van der Waals surface area contributed by atoms with E-state index in [4.69, 9.17) is 9.47 Å². The summed E-state index contributed by atoms with van der Waals surface area (Å²) in [4.78, 5) is 27.0. The number of hydrogen-bond acceptors (Lipinski definition) is 6. The zero-order valence-corrected chi connectivity index (χ0v) is 14.3. The molecular formula is C17H23N3O5. The number of nitrogens with one attached hydrogen (secondary N) is 1. The first-order valence-electron chi connectivity index (χ1n) is 8.40. The molecule has 0 radical (unpaired) electrons. The molecule has 25 heavy (non-hydrogen) atoms. The third kappa shape index (κ3) is 4.33. The number of anilines is 2. The Hall–Kier alpha value is -2.48. The molecule has 2 heterocycles. The lowest BCUT2D eigenvalue weighted by Crippen LogP contribution is -2.34. The van der Waals surface area contributed by atoms with Crippen LogP contribution in [0.2, 0.25) is 0 Å². The maximum atomic E-state index is 12.1. The van der Waals surface area contributed by atoms with E-state index < -0.39 is 18.3 Å². The minimum absolute atomic E-state index is 0.223. The van der Waals surface area contributed by atoms with Crippen LogP contribution in [-0.4, -0.2) is 64.8 Å². The molecule has 2 amide bonds. The summed E-state index contributed by atoms with van der Waals surface area (Å²) in [6, 6.07) is 7.85. The minimum Gasteiger partial charge on any atom is -0.453 e. The van der Waals surface area contributed by atoms with Gasteiger partial charge in [-0.05, 0) is 30.7 Å². The second-order valence-corrected chi connectivity index (χ2v) is 5.96. The van der Waals surface area contributed by atoms with Gasteiger partial charge < -0.3 is 24.4 Å². The molecule has 1 aromatic carbocycles. The third-order valence-corrected chi connectivity index (χ3v) is 4.28. The lowest BCUT2D eigenvalue weighted by atomic mass is 10.2. The zero-order chi connectivity index (χ0) is 17.6. The second-order valence-electron chi connectivity index (χ2n) is 5.96. The molecule has 1 N–H and O–H groups in total. The standard InChI is InChI=1S/C17H23N3O5/c1-23-16(21)18-11-15-12-20(17(22)25-15)14-5-3-13(4-6-14)19-7-2-9-24-10-8-19/h3-6,15H,2,7-12H2,1H3,(H,18,21)/t15-/m0/s1. The molecule has 0 spiro atoms. The number of ether oxygens (including phenoxy) is 3. The highest BCUT2D eigenvalue weighted by atomic mass is 16.6. The normalized spacial score (nSPS) is 20.8. The summed E-state index contributed by atoms with van der Waals surface area (Å²) in [7, 11) is 1.29. The number of amides is 2. The van der Waals surface area contributed by atoms with Crippen molar-refractivity contribution in [2.45, 2.75) is 12.5 Å². The highest BCUT2D eigenvalue weighted by Gasteiger charge is 2.32. The number of rotatable bonds is 4. The lowest BCUT2D eigenvalue weighted by Gasteiger charge is -2.23. The molecule has 136 valence electrons. The molecule has 2 aliphatic heterocycles. The lowest BCUT2D eigenvalue weighted by molar-refractivity contribution is 0.132. The fraction of sp³-hybridized carbons (Fsp3) is 0.529. The molecule has 0 aliphatic carbocycles. The smallest absolute Gasteiger partial charge is 0.414 e. The van der Waals surface area contributed by atoms with Gasteiger partial charge in [-0.3, -0.25) is 4.90 Å². The summed E-state index contributed by atoms with van der Waals surface area (Å²) in [5.74, 6) is 0. The highest BCUT2D eigenvalue weighted by Crippen LogP contribution is 2.25. The van der Waals surface area contributed by atoms with Gasteiger partial charge in [0.15, 0.2) is 0 Å². The van der Waals surface area contributed by atoms with Gasteiger partial charge in [0.05, 0.1) is 26.8 Å². The maximum Gasteiger partial charge on any atom is 0.414 e. The molecule has 0 unspecified atom stereocenters. The molecule has 3 rings (SSSR count). The van der Waals surface area contributed by atoms with Gasteiger partial charge in [-0.2, -0.15) is 0 Å². The van der Waals surface area contributed by atoms with E-state index in [9.17, 15) is 9.59 Å². The Morgan fingerprint density at radius 3 is 2.76 bits per heavy atom. The Bertz CT molecular complexity index is 599. The Morgan fingerprint density at radius 1 is 1.24 bits per heavy atom. The van der Waals surface area contributed by atoms with Crippen LogP contribution in [0.5, 0.6) is 0 Å². The van der Waals surface area contributed by atoms with Gasteiger partial charge in [-0.15, -0.1) is 0 Å². The Labute approximate surface area is 146 Å². The van der Waals surface area contributed by atoms with Gasteiger partial charge in [-0.1, -0.05) is 0 Å². The summed E-state index contributed by atoms with van der Waals surface area (Å²) in [6.45, 7) is 3.98. The molecule has 2 aliphatic rings. The number of nitrogens with zero attached hydrogens (tertiary/aromatic N) is 2. The first-order chi connectivity index (χ1) is 12.2. The van der Waals surface area contributed by atoms with Crippen molar-refractivity contribution in [1.29, 1.82) is 0 Å². The van der Waals surface area contributed by atoms with Crippen LogP contribution in [0.4, 0.5) is 21.0 Å². The summed E-state index contributed by atoms with van der Waals surface area (Å²) >= 11 is 0. The number of alkyl carbamates (subject to hydrolysis) is 1. The second kappa shape index (κ2) is 8.06. The monoisotopic (exact) mass is 349 g/mol. The Morgan fingerprint density at radius 2 is 2.00 bits per heavy atom. The first kappa shape index (κ1) is 17.3. The van der Waals surface area contributed by atoms with Crippen LogP contribution in [-0.2, 0) is 14.2 Å². The number of hydrogen-bond donors (Lipinski definition) is 1. The van der Waals surface area contributed by atoms with Crippen LogP contribution in [0.15, 0.2) is 24.3 Å². The van der Waals surface area contributed by atoms with Gasteiger partial charge >= 0.3 is 12.2 Å². The van der Waals surface area contributed by atoms with E-state index in [0.29, 0.717) is 6.54 Å². The fourth-order valence-corrected chi connectivity index (χ4v) is 2.96. The first-order valence-corrected chi connectivity index (χ1v) is 8.40. The van der Waals surface area contributed by atoms with Crippen molar-refractivity contribution in [3.05, 3.63) is 24.3 Å². The van der Waals surface area contributed by atoms with Gasteiger partial charge in [0.1, 0.15) is 6.10 Å². The van der Waals surface area contributed by atoms with Gasteiger partial charge in [-0.25, -0.2) is 9.59 Å². The van der Waals surface area contributed by atoms with Crippen LogP contribution < -0.4 is 15.1 Å². The van der Waals surface area contributed by atoms with Crippen LogP contribution in [0, 0.1) is 0 Å². The van der Waals surface area contributed by atoms with E-state index in [-0.39, 0.29) is 6.54 Å².